The Morgan fingerprint density at radius 3 is 2.27 bits per heavy atom. The molecule has 7 heteroatoms. The van der Waals surface area contributed by atoms with Crippen molar-refractivity contribution in [2.24, 2.45) is 11.7 Å². The van der Waals surface area contributed by atoms with Gasteiger partial charge in [-0.2, -0.15) is 0 Å². The fraction of sp³-hybridized carbons (Fsp3) is 0.424. The molecule has 5 rings (SSSR count). The summed E-state index contributed by atoms with van der Waals surface area (Å²) >= 11 is 0. The Bertz CT molecular complexity index is 1350. The zero-order valence-corrected chi connectivity index (χ0v) is 23.7. The molecule has 2 amide bonds. The second-order valence-electron chi connectivity index (χ2n) is 12.1. The van der Waals surface area contributed by atoms with Crippen LogP contribution in [-0.2, 0) is 15.1 Å². The fourth-order valence-electron chi connectivity index (χ4n) is 6.54. The van der Waals surface area contributed by atoms with E-state index in [-0.39, 0.29) is 17.9 Å². The van der Waals surface area contributed by atoms with Crippen LogP contribution in [0.15, 0.2) is 66.9 Å². The van der Waals surface area contributed by atoms with E-state index in [4.69, 9.17) is 10.7 Å². The first-order chi connectivity index (χ1) is 19.0. The van der Waals surface area contributed by atoms with Crippen LogP contribution in [0.2, 0.25) is 0 Å². The maximum absolute atomic E-state index is 13.0. The highest BCUT2D eigenvalue weighted by Gasteiger charge is 2.49. The second-order valence-corrected chi connectivity index (χ2v) is 12.1. The number of nitrogens with one attached hydrogen (secondary N) is 1. The van der Waals surface area contributed by atoms with Crippen molar-refractivity contribution in [3.8, 4) is 22.4 Å². The number of pyridine rings is 1. The van der Waals surface area contributed by atoms with Crippen molar-refractivity contribution in [3.05, 3.63) is 72.4 Å². The molecule has 1 aromatic heterocycles. The largest absolute Gasteiger partial charge is 0.390 e. The Kier molecular flexibility index (Phi) is 7.80. The van der Waals surface area contributed by atoms with Crippen molar-refractivity contribution < 1.29 is 14.7 Å². The summed E-state index contributed by atoms with van der Waals surface area (Å²) in [6.45, 7) is 3.43. The molecule has 40 heavy (non-hydrogen) atoms. The Balaban J connectivity index is 1.30. The minimum absolute atomic E-state index is 0.00841. The van der Waals surface area contributed by atoms with E-state index >= 15 is 0 Å². The zero-order valence-electron chi connectivity index (χ0n) is 23.7. The zero-order chi connectivity index (χ0) is 28.5. The van der Waals surface area contributed by atoms with Gasteiger partial charge in [-0.25, -0.2) is 0 Å². The standard InChI is InChI=1S/C33H40N4O3/c1-22(38)37(3)28-15-9-23(10-16-28)17-30(39)36-27-18-29(24-7-5-4-6-8-24)31(35-19-27)25-11-13-26(14-12-25)33(34)20-32(2,40)21-33/h4-8,11-14,18-19,23,28,40H,9-10,15-17,20-21,34H2,1-3H3,(H,36,39)/t23-,28-,32?,33?. The number of hydrogen-bond acceptors (Lipinski definition) is 5. The van der Waals surface area contributed by atoms with Crippen molar-refractivity contribution in [2.45, 2.75) is 76.0 Å². The van der Waals surface area contributed by atoms with Crippen LogP contribution in [0.4, 0.5) is 5.69 Å². The summed E-state index contributed by atoms with van der Waals surface area (Å²) in [7, 11) is 1.86. The number of aliphatic hydroxyl groups is 1. The Labute approximate surface area is 236 Å². The Morgan fingerprint density at radius 1 is 1.02 bits per heavy atom. The van der Waals surface area contributed by atoms with E-state index < -0.39 is 11.1 Å². The van der Waals surface area contributed by atoms with E-state index in [9.17, 15) is 14.7 Å². The number of nitrogens with zero attached hydrogens (tertiary/aromatic N) is 2. The molecule has 2 aliphatic carbocycles. The highest BCUT2D eigenvalue weighted by atomic mass is 16.3. The van der Waals surface area contributed by atoms with E-state index in [1.54, 1.807) is 13.1 Å². The molecule has 0 saturated heterocycles. The number of carbonyl (C=O) groups is 2. The molecule has 0 spiro atoms. The van der Waals surface area contributed by atoms with Gasteiger partial charge in [0.25, 0.3) is 0 Å². The molecule has 2 fully saturated rings. The number of amides is 2. The van der Waals surface area contributed by atoms with Gasteiger partial charge in [0.05, 0.1) is 23.2 Å². The lowest BCUT2D eigenvalue weighted by Gasteiger charge is -2.49. The number of benzene rings is 2. The van der Waals surface area contributed by atoms with Gasteiger partial charge in [-0.15, -0.1) is 0 Å². The molecule has 0 unspecified atom stereocenters. The van der Waals surface area contributed by atoms with E-state index in [1.165, 1.54) is 0 Å². The van der Waals surface area contributed by atoms with Crippen molar-refractivity contribution in [1.82, 2.24) is 9.88 Å². The molecule has 2 saturated carbocycles. The molecule has 1 heterocycles. The second kappa shape index (κ2) is 11.1. The van der Waals surface area contributed by atoms with Crippen LogP contribution in [0.5, 0.6) is 0 Å². The normalized spacial score (nSPS) is 26.0. The average molecular weight is 541 g/mol. The fourth-order valence-corrected chi connectivity index (χ4v) is 6.54. The van der Waals surface area contributed by atoms with Gasteiger partial charge in [0.15, 0.2) is 0 Å². The van der Waals surface area contributed by atoms with Crippen LogP contribution >= 0.6 is 0 Å². The van der Waals surface area contributed by atoms with Crippen molar-refractivity contribution in [1.29, 1.82) is 0 Å². The summed E-state index contributed by atoms with van der Waals surface area (Å²) in [4.78, 5) is 31.3. The molecular weight excluding hydrogens is 500 g/mol. The van der Waals surface area contributed by atoms with Gasteiger partial charge in [-0.05, 0) is 68.6 Å². The van der Waals surface area contributed by atoms with Crippen LogP contribution in [0, 0.1) is 5.92 Å². The molecule has 2 aliphatic rings. The lowest BCUT2D eigenvalue weighted by molar-refractivity contribution is -0.130. The van der Waals surface area contributed by atoms with Crippen LogP contribution in [0.3, 0.4) is 0 Å². The summed E-state index contributed by atoms with van der Waals surface area (Å²) < 4.78 is 0. The van der Waals surface area contributed by atoms with Crippen molar-refractivity contribution in [2.75, 3.05) is 12.4 Å². The number of carbonyl (C=O) groups excluding carboxylic acids is 2. The van der Waals surface area contributed by atoms with E-state index in [0.29, 0.717) is 30.9 Å². The molecule has 2 aromatic carbocycles. The van der Waals surface area contributed by atoms with Crippen LogP contribution in [-0.4, -0.2) is 45.5 Å². The van der Waals surface area contributed by atoms with Gasteiger partial charge in [-0.3, -0.25) is 14.6 Å². The molecule has 3 aromatic rings. The van der Waals surface area contributed by atoms with Gasteiger partial charge in [0.1, 0.15) is 0 Å². The number of hydrogen-bond donors (Lipinski definition) is 3. The highest BCUT2D eigenvalue weighted by molar-refractivity contribution is 5.93. The van der Waals surface area contributed by atoms with Crippen LogP contribution < -0.4 is 11.1 Å². The Hall–Kier alpha value is -3.55. The lowest BCUT2D eigenvalue weighted by atomic mass is 9.63. The number of nitrogens with two attached hydrogens (primary N) is 1. The summed E-state index contributed by atoms with van der Waals surface area (Å²) in [6, 6.07) is 20.4. The van der Waals surface area contributed by atoms with Crippen LogP contribution in [0.25, 0.3) is 22.4 Å². The number of rotatable bonds is 7. The summed E-state index contributed by atoms with van der Waals surface area (Å²) in [5.74, 6) is 0.408. The maximum atomic E-state index is 13.0. The minimum atomic E-state index is -0.707. The van der Waals surface area contributed by atoms with Gasteiger partial charge in [0, 0.05) is 43.1 Å². The summed E-state index contributed by atoms with van der Waals surface area (Å²) in [6.07, 6.45) is 7.03. The number of aromatic nitrogens is 1. The first kappa shape index (κ1) is 28.0. The molecule has 210 valence electrons. The topological polar surface area (TPSA) is 109 Å². The van der Waals surface area contributed by atoms with E-state index in [0.717, 1.165) is 53.6 Å². The minimum Gasteiger partial charge on any atom is -0.390 e. The smallest absolute Gasteiger partial charge is 0.224 e. The van der Waals surface area contributed by atoms with E-state index in [2.05, 4.69) is 5.32 Å². The molecule has 0 radical (unpaired) electrons. The third kappa shape index (κ3) is 6.11. The summed E-state index contributed by atoms with van der Waals surface area (Å²) in [5, 5.41) is 13.3. The molecule has 7 nitrogen and oxygen atoms in total. The van der Waals surface area contributed by atoms with Crippen molar-refractivity contribution in [3.63, 3.8) is 0 Å². The SMILES string of the molecule is CC(=O)N(C)[C@H]1CC[C@H](CC(=O)Nc2cnc(-c3ccc(C4(N)CC(C)(O)C4)cc3)c(-c3ccccc3)c2)CC1. The van der Waals surface area contributed by atoms with Gasteiger partial charge in [0.2, 0.25) is 11.8 Å². The first-order valence-corrected chi connectivity index (χ1v) is 14.2. The first-order valence-electron chi connectivity index (χ1n) is 14.2. The number of anilines is 1. The third-order valence-corrected chi connectivity index (χ3v) is 8.72. The molecule has 4 N–H and O–H groups in total. The quantitative estimate of drug-likeness (QED) is 0.368. The predicted molar refractivity (Wildman–Crippen MR) is 158 cm³/mol. The lowest BCUT2D eigenvalue weighted by Crippen LogP contribution is -2.58. The molecule has 0 bridgehead atoms. The molecule has 0 atom stereocenters. The van der Waals surface area contributed by atoms with Gasteiger partial charge < -0.3 is 21.1 Å². The predicted octanol–water partition coefficient (Wildman–Crippen LogP) is 5.48. The average Bonchev–Trinajstić information content (AvgIpc) is 2.92. The maximum Gasteiger partial charge on any atom is 0.224 e. The third-order valence-electron chi connectivity index (χ3n) is 8.72. The molecule has 0 aliphatic heterocycles. The van der Waals surface area contributed by atoms with E-state index in [1.807, 2.05) is 79.5 Å². The van der Waals surface area contributed by atoms with Crippen molar-refractivity contribution >= 4 is 17.5 Å². The van der Waals surface area contributed by atoms with Gasteiger partial charge in [-0.1, -0.05) is 54.6 Å². The monoisotopic (exact) mass is 540 g/mol. The Morgan fingerprint density at radius 2 is 1.68 bits per heavy atom. The summed E-state index contributed by atoms with van der Waals surface area (Å²) in [5.41, 5.74) is 10.8. The van der Waals surface area contributed by atoms with Gasteiger partial charge >= 0.3 is 0 Å². The molecular formula is C33H40N4O3. The highest BCUT2D eigenvalue weighted by Crippen LogP contribution is 2.46. The van der Waals surface area contributed by atoms with Crippen LogP contribution in [0.1, 0.15) is 64.4 Å².